The van der Waals surface area contributed by atoms with Crippen LogP contribution in [0.2, 0.25) is 0 Å². The monoisotopic (exact) mass is 257 g/mol. The van der Waals surface area contributed by atoms with Gasteiger partial charge in [0.15, 0.2) is 0 Å². The van der Waals surface area contributed by atoms with Crippen LogP contribution in [-0.2, 0) is 14.8 Å². The molecule has 0 radical (unpaired) electrons. The van der Waals surface area contributed by atoms with Crippen molar-refractivity contribution < 1.29 is 13.2 Å². The van der Waals surface area contributed by atoms with Gasteiger partial charge in [0.25, 0.3) is 0 Å². The van der Waals surface area contributed by atoms with Gasteiger partial charge in [0, 0.05) is 12.6 Å². The van der Waals surface area contributed by atoms with Crippen molar-refractivity contribution in [3.8, 4) is 0 Å². The molecule has 1 aliphatic rings. The Morgan fingerprint density at radius 3 is 2.83 bits per heavy atom. The van der Waals surface area contributed by atoms with Crippen molar-refractivity contribution in [3.05, 3.63) is 0 Å². The van der Waals surface area contributed by atoms with Crippen LogP contribution in [0, 0.1) is 0 Å². The molecule has 4 nitrogen and oxygen atoms in total. The van der Waals surface area contributed by atoms with Crippen molar-refractivity contribution in [2.75, 3.05) is 24.4 Å². The van der Waals surface area contributed by atoms with Crippen LogP contribution in [0.1, 0.15) is 6.92 Å². The van der Waals surface area contributed by atoms with E-state index >= 15 is 0 Å². The molecule has 0 unspecified atom stereocenters. The maximum absolute atomic E-state index is 11.4. The molecule has 1 aliphatic heterocycles. The number of hydrogen-bond donors (Lipinski definition) is 0. The smallest absolute Gasteiger partial charge is 0.224 e. The van der Waals surface area contributed by atoms with Crippen LogP contribution in [0.4, 0.5) is 0 Å². The van der Waals surface area contributed by atoms with Crippen molar-refractivity contribution in [2.24, 2.45) is 0 Å². The average Bonchev–Trinajstić information content (AvgIpc) is 2.05. The number of sulfonamides is 1. The number of hydrogen-bond acceptors (Lipinski definition) is 3. The highest BCUT2D eigenvalue weighted by Gasteiger charge is 2.28. The highest BCUT2D eigenvalue weighted by atomic mass is 79.9. The summed E-state index contributed by atoms with van der Waals surface area (Å²) in [5.41, 5.74) is 0. The van der Waals surface area contributed by atoms with Crippen molar-refractivity contribution in [1.29, 1.82) is 0 Å². The largest absolute Gasteiger partial charge is 0.378 e. The van der Waals surface area contributed by atoms with E-state index in [1.165, 1.54) is 4.31 Å². The summed E-state index contributed by atoms with van der Waals surface area (Å²) in [6.45, 7) is 3.30. The standard InChI is InChI=1S/C6H12BrNO3S/c1-6-4-11-3-2-8(6)12(9,10)5-7/h6H,2-5H2,1H3/t6-/m1/s1. The van der Waals surface area contributed by atoms with Gasteiger partial charge in [-0.3, -0.25) is 0 Å². The Morgan fingerprint density at radius 2 is 2.33 bits per heavy atom. The quantitative estimate of drug-likeness (QED) is 0.673. The minimum Gasteiger partial charge on any atom is -0.378 e. The molecule has 0 bridgehead atoms. The number of nitrogens with zero attached hydrogens (tertiary/aromatic N) is 1. The first-order chi connectivity index (χ1) is 5.58. The van der Waals surface area contributed by atoms with Crippen molar-refractivity contribution in [1.82, 2.24) is 4.31 Å². The molecule has 1 atom stereocenters. The first-order valence-electron chi connectivity index (χ1n) is 3.71. The van der Waals surface area contributed by atoms with Gasteiger partial charge >= 0.3 is 0 Å². The summed E-state index contributed by atoms with van der Waals surface area (Å²) in [4.78, 5) is 0. The van der Waals surface area contributed by atoms with Gasteiger partial charge in [-0.2, -0.15) is 4.31 Å². The highest BCUT2D eigenvalue weighted by Crippen LogP contribution is 2.13. The fourth-order valence-corrected chi connectivity index (χ4v) is 3.06. The fraction of sp³-hybridized carbons (Fsp3) is 1.00. The molecule has 0 saturated carbocycles. The summed E-state index contributed by atoms with van der Waals surface area (Å²) >= 11 is 2.96. The van der Waals surface area contributed by atoms with Crippen LogP contribution < -0.4 is 0 Å². The molecule has 1 saturated heterocycles. The SMILES string of the molecule is C[C@@H]1COCCN1S(=O)(=O)CBr. The van der Waals surface area contributed by atoms with E-state index in [0.29, 0.717) is 19.8 Å². The van der Waals surface area contributed by atoms with Crippen molar-refractivity contribution in [2.45, 2.75) is 13.0 Å². The molecule has 0 aromatic rings. The Hall–Kier alpha value is 0.350. The minimum absolute atomic E-state index is 0.00958. The fourth-order valence-electron chi connectivity index (χ4n) is 1.19. The molecule has 0 spiro atoms. The first kappa shape index (κ1) is 10.4. The molecular weight excluding hydrogens is 246 g/mol. The van der Waals surface area contributed by atoms with Crippen LogP contribution in [-0.4, -0.2) is 43.2 Å². The second kappa shape index (κ2) is 4.04. The van der Waals surface area contributed by atoms with Gasteiger partial charge in [0.1, 0.15) is 4.66 Å². The van der Waals surface area contributed by atoms with E-state index in [0.717, 1.165) is 0 Å². The summed E-state index contributed by atoms with van der Waals surface area (Å²) in [7, 11) is -3.10. The van der Waals surface area contributed by atoms with Crippen molar-refractivity contribution >= 4 is 26.0 Å². The summed E-state index contributed by atoms with van der Waals surface area (Å²) in [6.07, 6.45) is 0. The summed E-state index contributed by atoms with van der Waals surface area (Å²) in [6, 6.07) is -0.0405. The molecule has 12 heavy (non-hydrogen) atoms. The minimum atomic E-state index is -3.10. The van der Waals surface area contributed by atoms with E-state index in [4.69, 9.17) is 4.74 Å². The van der Waals surface area contributed by atoms with E-state index in [9.17, 15) is 8.42 Å². The number of alkyl halides is 1. The van der Waals surface area contributed by atoms with Gasteiger partial charge in [-0.25, -0.2) is 8.42 Å². The summed E-state index contributed by atoms with van der Waals surface area (Å²) < 4.78 is 29.4. The molecule has 0 aliphatic carbocycles. The first-order valence-corrected chi connectivity index (χ1v) is 6.44. The highest BCUT2D eigenvalue weighted by molar-refractivity contribution is 9.10. The third kappa shape index (κ3) is 2.18. The van der Waals surface area contributed by atoms with E-state index in [1.54, 1.807) is 0 Å². The normalized spacial score (nSPS) is 27.3. The van der Waals surface area contributed by atoms with E-state index in [1.807, 2.05) is 6.92 Å². The molecule has 0 aromatic heterocycles. The van der Waals surface area contributed by atoms with Gasteiger partial charge < -0.3 is 4.74 Å². The Balaban J connectivity index is 2.72. The Bertz CT molecular complexity index is 241. The molecule has 0 N–H and O–H groups in total. The zero-order valence-corrected chi connectivity index (χ0v) is 9.27. The second-order valence-electron chi connectivity index (χ2n) is 2.76. The molecule has 0 aromatic carbocycles. The topological polar surface area (TPSA) is 46.6 Å². The average molecular weight is 258 g/mol. The predicted molar refractivity (Wildman–Crippen MR) is 49.7 cm³/mol. The lowest BCUT2D eigenvalue weighted by Crippen LogP contribution is -2.47. The van der Waals surface area contributed by atoms with Crippen LogP contribution >= 0.6 is 15.9 Å². The van der Waals surface area contributed by atoms with Crippen LogP contribution in [0.15, 0.2) is 0 Å². The number of halogens is 1. The van der Waals surface area contributed by atoms with E-state index in [2.05, 4.69) is 15.9 Å². The van der Waals surface area contributed by atoms with Crippen LogP contribution in [0.25, 0.3) is 0 Å². The lowest BCUT2D eigenvalue weighted by Gasteiger charge is -2.31. The molecule has 1 fully saturated rings. The Morgan fingerprint density at radius 1 is 1.67 bits per heavy atom. The van der Waals surface area contributed by atoms with Gasteiger partial charge in [-0.15, -0.1) is 0 Å². The Labute approximate surface area is 81.1 Å². The van der Waals surface area contributed by atoms with Gasteiger partial charge in [-0.05, 0) is 6.92 Å². The van der Waals surface area contributed by atoms with Gasteiger partial charge in [0.05, 0.1) is 13.2 Å². The number of rotatable bonds is 2. The zero-order chi connectivity index (χ0) is 9.19. The molecule has 0 amide bonds. The lowest BCUT2D eigenvalue weighted by molar-refractivity contribution is 0.0395. The molecule has 1 heterocycles. The zero-order valence-electron chi connectivity index (χ0n) is 6.86. The molecule has 6 heteroatoms. The van der Waals surface area contributed by atoms with Crippen molar-refractivity contribution in [3.63, 3.8) is 0 Å². The third-order valence-electron chi connectivity index (χ3n) is 1.80. The van der Waals surface area contributed by atoms with Gasteiger partial charge in [0.2, 0.25) is 10.0 Å². The van der Waals surface area contributed by atoms with Gasteiger partial charge in [-0.1, -0.05) is 15.9 Å². The maximum Gasteiger partial charge on any atom is 0.224 e. The lowest BCUT2D eigenvalue weighted by atomic mass is 10.3. The van der Waals surface area contributed by atoms with Crippen LogP contribution in [0.5, 0.6) is 0 Å². The predicted octanol–water partition coefficient (Wildman–Crippen LogP) is 0.389. The third-order valence-corrected chi connectivity index (χ3v) is 5.07. The number of ether oxygens (including phenoxy) is 1. The van der Waals surface area contributed by atoms with Crippen LogP contribution in [0.3, 0.4) is 0 Å². The summed E-state index contributed by atoms with van der Waals surface area (Å²) in [5.74, 6) is 0. The summed E-state index contributed by atoms with van der Waals surface area (Å²) in [5, 5.41) is 0. The molecular formula is C6H12BrNO3S. The molecule has 72 valence electrons. The Kier molecular flexibility index (Phi) is 3.51. The number of morpholine rings is 1. The molecule has 1 rings (SSSR count). The van der Waals surface area contributed by atoms with E-state index in [-0.39, 0.29) is 10.7 Å². The second-order valence-corrected chi connectivity index (χ2v) is 5.98. The van der Waals surface area contributed by atoms with E-state index < -0.39 is 10.0 Å². The maximum atomic E-state index is 11.4.